The van der Waals surface area contributed by atoms with Gasteiger partial charge in [-0.15, -0.1) is 0 Å². The van der Waals surface area contributed by atoms with Gasteiger partial charge in [0.2, 0.25) is 0 Å². The van der Waals surface area contributed by atoms with E-state index < -0.39 is 7.12 Å². The van der Waals surface area contributed by atoms with E-state index in [-0.39, 0.29) is 17.0 Å². The minimum absolute atomic E-state index is 0.0581. The zero-order valence-corrected chi connectivity index (χ0v) is 15.7. The maximum absolute atomic E-state index is 11.6. The Morgan fingerprint density at radius 1 is 1.22 bits per heavy atom. The molecular formula is C18H25BO3S. The molecule has 1 heterocycles. The van der Waals surface area contributed by atoms with Crippen LogP contribution in [0.2, 0.25) is 0 Å². The molecule has 0 aliphatic carbocycles. The number of ketones is 1. The lowest BCUT2D eigenvalue weighted by Gasteiger charge is -2.32. The van der Waals surface area contributed by atoms with Crippen molar-refractivity contribution in [3.8, 4) is 0 Å². The van der Waals surface area contributed by atoms with Gasteiger partial charge >= 0.3 is 7.12 Å². The van der Waals surface area contributed by atoms with Gasteiger partial charge in [-0.3, -0.25) is 4.79 Å². The van der Waals surface area contributed by atoms with Gasteiger partial charge in [0.15, 0.2) is 5.78 Å². The fraction of sp³-hybridized carbons (Fsp3) is 0.500. The van der Waals surface area contributed by atoms with E-state index in [1.165, 1.54) is 0 Å². The largest absolute Gasteiger partial charge is 0.491 e. The predicted octanol–water partition coefficient (Wildman–Crippen LogP) is 4.14. The average molecular weight is 332 g/mol. The first-order valence-electron chi connectivity index (χ1n) is 7.86. The van der Waals surface area contributed by atoms with Gasteiger partial charge < -0.3 is 9.31 Å². The monoisotopic (exact) mass is 332 g/mol. The number of thiol groups is 1. The molecule has 0 aromatic heterocycles. The highest BCUT2D eigenvalue weighted by Gasteiger charge is 2.52. The van der Waals surface area contributed by atoms with Crippen LogP contribution in [-0.4, -0.2) is 29.9 Å². The number of hydrogen-bond acceptors (Lipinski definition) is 4. The van der Waals surface area contributed by atoms with Crippen LogP contribution in [0, 0.1) is 6.92 Å². The number of benzene rings is 1. The topological polar surface area (TPSA) is 35.5 Å². The summed E-state index contributed by atoms with van der Waals surface area (Å²) in [4.78, 5) is 11.6. The van der Waals surface area contributed by atoms with Crippen molar-refractivity contribution < 1.29 is 14.1 Å². The normalized spacial score (nSPS) is 20.0. The highest BCUT2D eigenvalue weighted by molar-refractivity contribution is 7.80. The van der Waals surface area contributed by atoms with Crippen molar-refractivity contribution >= 4 is 31.6 Å². The first kappa shape index (κ1) is 18.3. The maximum Gasteiger partial charge on any atom is 0.491 e. The van der Waals surface area contributed by atoms with Crippen LogP contribution in [0.15, 0.2) is 23.7 Å². The zero-order valence-electron chi connectivity index (χ0n) is 14.8. The minimum atomic E-state index is -0.419. The molecule has 0 atom stereocenters. The number of carbonyl (C=O) groups excluding carboxylic acids is 1. The Hall–Kier alpha value is -1.04. The fourth-order valence-corrected chi connectivity index (χ4v) is 2.64. The zero-order chi connectivity index (χ0) is 17.4. The highest BCUT2D eigenvalue weighted by atomic mass is 32.1. The maximum atomic E-state index is 11.6. The van der Waals surface area contributed by atoms with E-state index in [1.54, 1.807) is 6.92 Å². The molecule has 0 saturated carbocycles. The molecule has 124 valence electrons. The van der Waals surface area contributed by atoms with Gasteiger partial charge in [-0.2, -0.15) is 12.6 Å². The van der Waals surface area contributed by atoms with Crippen LogP contribution < -0.4 is 0 Å². The van der Waals surface area contributed by atoms with E-state index in [1.807, 2.05) is 58.9 Å². The molecule has 1 aliphatic heterocycles. The second-order valence-corrected chi connectivity index (χ2v) is 7.41. The molecule has 0 N–H and O–H groups in total. The standard InChI is InChI=1S/C18H25BO3S/c1-12-7-8-14(13(2)20)9-15(12)10-16(11-23)19-21-17(3,4)18(5,6)22-19/h7-10,23H,11H2,1-6H3. The lowest BCUT2D eigenvalue weighted by Crippen LogP contribution is -2.41. The summed E-state index contributed by atoms with van der Waals surface area (Å²) >= 11 is 4.44. The number of Topliss-reactive ketones (excluding diaryl/α,β-unsaturated/α-hetero) is 1. The summed E-state index contributed by atoms with van der Waals surface area (Å²) in [6.07, 6.45) is 2.02. The van der Waals surface area contributed by atoms with E-state index in [2.05, 4.69) is 12.6 Å². The van der Waals surface area contributed by atoms with E-state index in [0.717, 1.165) is 16.6 Å². The van der Waals surface area contributed by atoms with Gasteiger partial charge in [0.25, 0.3) is 0 Å². The lowest BCUT2D eigenvalue weighted by molar-refractivity contribution is 0.00578. The Labute approximate surface area is 145 Å². The van der Waals surface area contributed by atoms with Gasteiger partial charge in [-0.25, -0.2) is 0 Å². The van der Waals surface area contributed by atoms with E-state index in [0.29, 0.717) is 11.3 Å². The van der Waals surface area contributed by atoms with Crippen molar-refractivity contribution in [2.24, 2.45) is 0 Å². The predicted molar refractivity (Wildman–Crippen MR) is 99.1 cm³/mol. The fourth-order valence-electron chi connectivity index (χ4n) is 2.40. The first-order valence-corrected chi connectivity index (χ1v) is 8.49. The molecule has 5 heteroatoms. The molecule has 0 unspecified atom stereocenters. The number of aryl methyl sites for hydroxylation is 1. The quantitative estimate of drug-likeness (QED) is 0.511. The van der Waals surface area contributed by atoms with Crippen molar-refractivity contribution in [2.45, 2.75) is 52.7 Å². The van der Waals surface area contributed by atoms with Gasteiger partial charge in [-0.05, 0) is 64.2 Å². The second kappa shape index (κ2) is 6.46. The summed E-state index contributed by atoms with van der Waals surface area (Å²) in [5.74, 6) is 0.586. The smallest absolute Gasteiger partial charge is 0.400 e. The van der Waals surface area contributed by atoms with Crippen LogP contribution in [-0.2, 0) is 9.31 Å². The molecule has 0 bridgehead atoms. The van der Waals surface area contributed by atoms with Crippen LogP contribution in [0.5, 0.6) is 0 Å². The lowest BCUT2D eigenvalue weighted by atomic mass is 9.78. The van der Waals surface area contributed by atoms with Gasteiger partial charge in [-0.1, -0.05) is 18.2 Å². The first-order chi connectivity index (χ1) is 10.6. The van der Waals surface area contributed by atoms with Gasteiger partial charge in [0, 0.05) is 11.3 Å². The Bertz CT molecular complexity index is 634. The second-order valence-electron chi connectivity index (χ2n) is 7.09. The van der Waals surface area contributed by atoms with Crippen LogP contribution in [0.4, 0.5) is 0 Å². The molecule has 0 amide bonds. The summed E-state index contributed by atoms with van der Waals surface area (Å²) in [7, 11) is -0.419. The summed E-state index contributed by atoms with van der Waals surface area (Å²) < 4.78 is 12.2. The third-order valence-electron chi connectivity index (χ3n) is 4.77. The summed E-state index contributed by atoms with van der Waals surface area (Å²) in [6.45, 7) is 11.7. The van der Waals surface area contributed by atoms with Gasteiger partial charge in [0.1, 0.15) is 0 Å². The molecule has 0 spiro atoms. The van der Waals surface area contributed by atoms with E-state index in [4.69, 9.17) is 9.31 Å². The molecule has 23 heavy (non-hydrogen) atoms. The Morgan fingerprint density at radius 3 is 2.26 bits per heavy atom. The van der Waals surface area contributed by atoms with Crippen LogP contribution >= 0.6 is 12.6 Å². The average Bonchev–Trinajstić information content (AvgIpc) is 2.66. The summed E-state index contributed by atoms with van der Waals surface area (Å²) in [5, 5.41) is 0. The number of carbonyl (C=O) groups is 1. The number of hydrogen-bond donors (Lipinski definition) is 1. The van der Waals surface area contributed by atoms with Crippen LogP contribution in [0.3, 0.4) is 0 Å². The molecule has 1 saturated heterocycles. The van der Waals surface area contributed by atoms with Crippen molar-refractivity contribution in [3.05, 3.63) is 40.4 Å². The Kier molecular flexibility index (Phi) is 5.14. The van der Waals surface area contributed by atoms with Crippen molar-refractivity contribution in [2.75, 3.05) is 5.75 Å². The summed E-state index contributed by atoms with van der Waals surface area (Å²) in [6, 6.07) is 5.72. The van der Waals surface area contributed by atoms with E-state index in [9.17, 15) is 4.79 Å². The molecule has 3 nitrogen and oxygen atoms in total. The molecule has 2 rings (SSSR count). The highest BCUT2D eigenvalue weighted by Crippen LogP contribution is 2.39. The van der Waals surface area contributed by atoms with Gasteiger partial charge in [0.05, 0.1) is 11.2 Å². The van der Waals surface area contributed by atoms with Crippen molar-refractivity contribution in [1.82, 2.24) is 0 Å². The van der Waals surface area contributed by atoms with Crippen molar-refractivity contribution in [1.29, 1.82) is 0 Å². The third kappa shape index (κ3) is 3.73. The molecule has 0 radical (unpaired) electrons. The molecular weight excluding hydrogens is 307 g/mol. The summed E-state index contributed by atoms with van der Waals surface area (Å²) in [5.41, 5.74) is 3.00. The van der Waals surface area contributed by atoms with Crippen LogP contribution in [0.25, 0.3) is 6.08 Å². The van der Waals surface area contributed by atoms with Crippen molar-refractivity contribution in [3.63, 3.8) is 0 Å². The molecule has 1 aromatic carbocycles. The molecule has 1 aromatic rings. The van der Waals surface area contributed by atoms with E-state index >= 15 is 0 Å². The molecule has 1 fully saturated rings. The molecule has 1 aliphatic rings. The third-order valence-corrected chi connectivity index (χ3v) is 5.13. The number of rotatable bonds is 4. The minimum Gasteiger partial charge on any atom is -0.400 e. The SMILES string of the molecule is CC(=O)c1ccc(C)c(C=C(CS)B2OC(C)(C)C(C)(C)O2)c1. The Morgan fingerprint density at radius 2 is 1.78 bits per heavy atom. The Balaban J connectivity index is 2.37. The van der Waals surface area contributed by atoms with Crippen LogP contribution in [0.1, 0.15) is 56.1 Å².